The molecule has 0 heterocycles. The van der Waals surface area contributed by atoms with Crippen LogP contribution in [0.25, 0.3) is 0 Å². The van der Waals surface area contributed by atoms with Crippen molar-refractivity contribution >= 4 is 23.3 Å². The van der Waals surface area contributed by atoms with E-state index in [1.807, 2.05) is 42.5 Å². The first kappa shape index (κ1) is 20.5. The average Bonchev–Trinajstić information content (AvgIpc) is 2.79. The van der Waals surface area contributed by atoms with E-state index in [2.05, 4.69) is 28.1 Å². The molecule has 0 fully saturated rings. The third-order valence-electron chi connectivity index (χ3n) is 5.19. The molecule has 0 saturated carbocycles. The largest absolute Gasteiger partial charge is 0.484 e. The summed E-state index contributed by atoms with van der Waals surface area (Å²) in [5.74, 6) is 0.252. The summed E-state index contributed by atoms with van der Waals surface area (Å²) in [7, 11) is 0. The number of rotatable bonds is 6. The minimum absolute atomic E-state index is 0.00562. The van der Waals surface area contributed by atoms with Gasteiger partial charge in [-0.3, -0.25) is 4.79 Å². The molecule has 6 nitrogen and oxygen atoms in total. The molecule has 0 spiro atoms. The van der Waals surface area contributed by atoms with Crippen LogP contribution in [-0.4, -0.2) is 18.5 Å². The van der Waals surface area contributed by atoms with Gasteiger partial charge in [0.15, 0.2) is 6.61 Å². The van der Waals surface area contributed by atoms with Crippen LogP contribution in [0, 0.1) is 0 Å². The molecule has 0 bridgehead atoms. The predicted molar refractivity (Wildman–Crippen MR) is 121 cm³/mol. The number of anilines is 2. The molecular weight excluding hydrogens is 390 g/mol. The van der Waals surface area contributed by atoms with E-state index >= 15 is 0 Å². The highest BCUT2D eigenvalue weighted by Gasteiger charge is 2.21. The molecule has 3 aromatic carbocycles. The zero-order valence-electron chi connectivity index (χ0n) is 17.1. The van der Waals surface area contributed by atoms with E-state index in [1.54, 1.807) is 24.3 Å². The van der Waals surface area contributed by atoms with Crippen LogP contribution in [0.3, 0.4) is 0 Å². The minimum atomic E-state index is -0.263. The fraction of sp³-hybridized carbons (Fsp3) is 0.200. The number of hydrogen-bond acceptors (Lipinski definition) is 3. The Balaban J connectivity index is 1.30. The number of nitrogens with one attached hydrogen (secondary N) is 3. The summed E-state index contributed by atoms with van der Waals surface area (Å²) >= 11 is 0. The summed E-state index contributed by atoms with van der Waals surface area (Å²) in [6.07, 6.45) is 3.02. The molecule has 1 aliphatic rings. The summed E-state index contributed by atoms with van der Waals surface area (Å²) in [5.41, 5.74) is 3.80. The molecule has 1 aliphatic carbocycles. The van der Waals surface area contributed by atoms with Crippen LogP contribution in [0.15, 0.2) is 78.9 Å². The molecule has 1 atom stereocenters. The molecule has 0 saturated heterocycles. The van der Waals surface area contributed by atoms with Gasteiger partial charge in [0.05, 0.1) is 6.04 Å². The van der Waals surface area contributed by atoms with Crippen LogP contribution < -0.4 is 20.7 Å². The molecule has 0 unspecified atom stereocenters. The van der Waals surface area contributed by atoms with Crippen LogP contribution >= 0.6 is 0 Å². The van der Waals surface area contributed by atoms with Gasteiger partial charge < -0.3 is 20.7 Å². The Kier molecular flexibility index (Phi) is 6.47. The molecule has 3 amide bonds. The van der Waals surface area contributed by atoms with Gasteiger partial charge >= 0.3 is 6.03 Å². The fourth-order valence-corrected chi connectivity index (χ4v) is 3.76. The second-order valence-electron chi connectivity index (χ2n) is 7.47. The van der Waals surface area contributed by atoms with Crippen molar-refractivity contribution in [3.05, 3.63) is 90.0 Å². The summed E-state index contributed by atoms with van der Waals surface area (Å²) in [6, 6.07) is 24.2. The van der Waals surface area contributed by atoms with Crippen LogP contribution in [0.2, 0.25) is 0 Å². The van der Waals surface area contributed by atoms with Gasteiger partial charge in [0.1, 0.15) is 5.75 Å². The predicted octanol–water partition coefficient (Wildman–Crippen LogP) is 4.90. The number of urea groups is 1. The number of para-hydroxylation sites is 1. The van der Waals surface area contributed by atoms with Crippen molar-refractivity contribution in [1.29, 1.82) is 0 Å². The van der Waals surface area contributed by atoms with Gasteiger partial charge in [-0.25, -0.2) is 4.79 Å². The Bertz CT molecular complexity index is 1050. The maximum atomic E-state index is 12.5. The number of aryl methyl sites for hydroxylation is 1. The fourth-order valence-electron chi connectivity index (χ4n) is 3.76. The second-order valence-corrected chi connectivity index (χ2v) is 7.47. The van der Waals surface area contributed by atoms with Gasteiger partial charge in [0.2, 0.25) is 0 Å². The number of carbonyl (C=O) groups excluding carboxylic acids is 2. The van der Waals surface area contributed by atoms with E-state index < -0.39 is 0 Å². The number of fused-ring (bicyclic) bond motifs is 1. The normalized spacial score (nSPS) is 14.8. The number of benzene rings is 3. The highest BCUT2D eigenvalue weighted by Crippen LogP contribution is 2.29. The van der Waals surface area contributed by atoms with Crippen LogP contribution in [0.1, 0.15) is 30.0 Å². The lowest BCUT2D eigenvalue weighted by Crippen LogP contribution is -2.34. The van der Waals surface area contributed by atoms with Gasteiger partial charge in [0, 0.05) is 17.4 Å². The Morgan fingerprint density at radius 2 is 1.65 bits per heavy atom. The van der Waals surface area contributed by atoms with Gasteiger partial charge in [-0.05, 0) is 54.7 Å². The highest BCUT2D eigenvalue weighted by atomic mass is 16.5. The van der Waals surface area contributed by atoms with Gasteiger partial charge in [-0.15, -0.1) is 0 Å². The maximum Gasteiger partial charge on any atom is 0.319 e. The number of hydrogen-bond donors (Lipinski definition) is 3. The van der Waals surface area contributed by atoms with Crippen LogP contribution in [0.5, 0.6) is 5.75 Å². The molecule has 0 aliphatic heterocycles. The first-order valence-electron chi connectivity index (χ1n) is 10.4. The van der Waals surface area contributed by atoms with E-state index in [9.17, 15) is 9.59 Å². The first-order chi connectivity index (χ1) is 15.2. The second kappa shape index (κ2) is 9.80. The van der Waals surface area contributed by atoms with Crippen molar-refractivity contribution in [1.82, 2.24) is 5.32 Å². The third kappa shape index (κ3) is 5.63. The molecule has 0 radical (unpaired) electrons. The van der Waals surface area contributed by atoms with E-state index in [0.29, 0.717) is 17.1 Å². The quantitative estimate of drug-likeness (QED) is 0.536. The number of amides is 3. The van der Waals surface area contributed by atoms with Gasteiger partial charge in [-0.1, -0.05) is 48.5 Å². The van der Waals surface area contributed by atoms with Crippen molar-refractivity contribution in [3.63, 3.8) is 0 Å². The molecular formula is C25H25N3O3. The van der Waals surface area contributed by atoms with Gasteiger partial charge in [0.25, 0.3) is 5.91 Å². The first-order valence-corrected chi connectivity index (χ1v) is 10.4. The van der Waals surface area contributed by atoms with Crippen molar-refractivity contribution in [2.75, 3.05) is 17.2 Å². The topological polar surface area (TPSA) is 79.5 Å². The minimum Gasteiger partial charge on any atom is -0.484 e. The molecule has 4 rings (SSSR count). The zero-order valence-corrected chi connectivity index (χ0v) is 17.1. The van der Waals surface area contributed by atoms with Crippen molar-refractivity contribution < 1.29 is 14.3 Å². The molecule has 3 aromatic rings. The molecule has 31 heavy (non-hydrogen) atoms. The smallest absolute Gasteiger partial charge is 0.319 e. The molecule has 158 valence electrons. The average molecular weight is 415 g/mol. The van der Waals surface area contributed by atoms with Crippen molar-refractivity contribution in [2.45, 2.75) is 25.3 Å². The maximum absolute atomic E-state index is 12.5. The summed E-state index contributed by atoms with van der Waals surface area (Å²) in [4.78, 5) is 24.6. The lowest BCUT2D eigenvalue weighted by molar-refractivity contribution is -0.118. The lowest BCUT2D eigenvalue weighted by Gasteiger charge is -2.26. The van der Waals surface area contributed by atoms with Gasteiger partial charge in [-0.2, -0.15) is 0 Å². The summed E-state index contributed by atoms with van der Waals surface area (Å²) in [5, 5.41) is 8.69. The molecule has 0 aromatic heterocycles. The van der Waals surface area contributed by atoms with Crippen molar-refractivity contribution in [3.8, 4) is 5.75 Å². The van der Waals surface area contributed by atoms with E-state index in [0.717, 1.165) is 19.3 Å². The standard InChI is InChI=1S/C25H25N3O3/c29-24(26-19-10-2-1-3-11-19)17-31-21-13-7-12-20(16-21)27-25(30)28-23-15-6-9-18-8-4-5-14-22(18)23/h1-5,7-8,10-14,16,23H,6,9,15,17H2,(H,26,29)(H2,27,28,30)/t23-/m1/s1. The molecule has 6 heteroatoms. The summed E-state index contributed by atoms with van der Waals surface area (Å²) in [6.45, 7) is -0.122. The lowest BCUT2D eigenvalue weighted by atomic mass is 9.88. The Hall–Kier alpha value is -3.80. The summed E-state index contributed by atoms with van der Waals surface area (Å²) < 4.78 is 5.57. The molecule has 3 N–H and O–H groups in total. The third-order valence-corrected chi connectivity index (χ3v) is 5.19. The number of ether oxygens (including phenoxy) is 1. The number of carbonyl (C=O) groups is 2. The monoisotopic (exact) mass is 415 g/mol. The Morgan fingerprint density at radius 1 is 0.871 bits per heavy atom. The van der Waals surface area contributed by atoms with E-state index in [1.165, 1.54) is 11.1 Å². The Labute approximate surface area is 181 Å². The SMILES string of the molecule is O=C(COc1cccc(NC(=O)N[C@@H]2CCCc3ccccc32)c1)Nc1ccccc1. The Morgan fingerprint density at radius 3 is 2.52 bits per heavy atom. The van der Waals surface area contributed by atoms with E-state index in [-0.39, 0.29) is 24.6 Å². The van der Waals surface area contributed by atoms with Crippen LogP contribution in [-0.2, 0) is 11.2 Å². The highest BCUT2D eigenvalue weighted by molar-refractivity contribution is 5.92. The zero-order chi connectivity index (χ0) is 21.5. The van der Waals surface area contributed by atoms with Crippen LogP contribution in [0.4, 0.5) is 16.2 Å². The van der Waals surface area contributed by atoms with Crippen molar-refractivity contribution in [2.24, 2.45) is 0 Å². The van der Waals surface area contributed by atoms with E-state index in [4.69, 9.17) is 4.74 Å².